The van der Waals surface area contributed by atoms with Crippen molar-refractivity contribution in [1.29, 1.82) is 0 Å². The Kier molecular flexibility index (Phi) is 7.53. The van der Waals surface area contributed by atoms with Gasteiger partial charge in [-0.3, -0.25) is 9.59 Å². The summed E-state index contributed by atoms with van der Waals surface area (Å²) in [6.45, 7) is 1.25. The highest BCUT2D eigenvalue weighted by atomic mass is 35.5. The number of hydrogen-bond acceptors (Lipinski definition) is 5. The van der Waals surface area contributed by atoms with Crippen molar-refractivity contribution in [2.24, 2.45) is 5.10 Å². The van der Waals surface area contributed by atoms with Crippen molar-refractivity contribution in [2.75, 3.05) is 6.61 Å². The molecule has 1 atom stereocenters. The lowest BCUT2D eigenvalue weighted by molar-refractivity contribution is -0.139. The number of nitrogens with one attached hydrogen (secondary N) is 2. The molecule has 0 aliphatic carbocycles. The summed E-state index contributed by atoms with van der Waals surface area (Å²) >= 11 is 5.99. The van der Waals surface area contributed by atoms with Gasteiger partial charge in [-0.05, 0) is 36.2 Å². The second kappa shape index (κ2) is 10.1. The van der Waals surface area contributed by atoms with Gasteiger partial charge in [-0.2, -0.15) is 5.10 Å². The second-order valence-corrected chi connectivity index (χ2v) is 6.08. The van der Waals surface area contributed by atoms with Gasteiger partial charge < -0.3 is 15.2 Å². The maximum Gasteiger partial charge on any atom is 0.341 e. The zero-order valence-corrected chi connectivity index (χ0v) is 15.6. The van der Waals surface area contributed by atoms with E-state index in [-0.39, 0.29) is 16.8 Å². The second-order valence-electron chi connectivity index (χ2n) is 5.68. The smallest absolute Gasteiger partial charge is 0.341 e. The number of benzene rings is 2. The molecule has 146 valence electrons. The highest BCUT2D eigenvalue weighted by Crippen LogP contribution is 2.24. The van der Waals surface area contributed by atoms with E-state index in [2.05, 4.69) is 15.8 Å². The molecule has 9 heteroatoms. The van der Waals surface area contributed by atoms with Crippen molar-refractivity contribution in [3.8, 4) is 5.75 Å². The first-order valence-electron chi connectivity index (χ1n) is 8.20. The number of hydrazone groups is 1. The maximum absolute atomic E-state index is 11.9. The molecule has 2 rings (SSSR count). The number of ether oxygens (including phenoxy) is 1. The third-order valence-electron chi connectivity index (χ3n) is 3.54. The molecule has 0 aliphatic heterocycles. The molecule has 0 saturated carbocycles. The summed E-state index contributed by atoms with van der Waals surface area (Å²) in [5.41, 5.74) is 3.52. The number of aliphatic carboxylic acids is 1. The van der Waals surface area contributed by atoms with Crippen LogP contribution in [-0.4, -0.2) is 35.7 Å². The van der Waals surface area contributed by atoms with Crippen LogP contribution in [0.2, 0.25) is 5.02 Å². The predicted molar refractivity (Wildman–Crippen MR) is 103 cm³/mol. The number of carboxylic acid groups (broad SMARTS) is 1. The fourth-order valence-corrected chi connectivity index (χ4v) is 2.40. The molecule has 3 N–H and O–H groups in total. The van der Waals surface area contributed by atoms with Crippen molar-refractivity contribution in [1.82, 2.24) is 10.7 Å². The molecule has 2 aromatic carbocycles. The zero-order chi connectivity index (χ0) is 20.5. The van der Waals surface area contributed by atoms with E-state index in [9.17, 15) is 14.4 Å². The van der Waals surface area contributed by atoms with Gasteiger partial charge in [0.25, 0.3) is 0 Å². The third kappa shape index (κ3) is 6.40. The summed E-state index contributed by atoms with van der Waals surface area (Å²) in [5.74, 6) is -2.64. The Morgan fingerprint density at radius 2 is 1.89 bits per heavy atom. The van der Waals surface area contributed by atoms with Gasteiger partial charge in [0.15, 0.2) is 6.61 Å². The summed E-state index contributed by atoms with van der Waals surface area (Å²) < 4.78 is 5.00. The predicted octanol–water partition coefficient (Wildman–Crippen LogP) is 2.13. The van der Waals surface area contributed by atoms with Crippen molar-refractivity contribution in [3.05, 3.63) is 64.7 Å². The first kappa shape index (κ1) is 20.9. The van der Waals surface area contributed by atoms with E-state index in [1.165, 1.54) is 18.3 Å². The van der Waals surface area contributed by atoms with Crippen molar-refractivity contribution in [3.63, 3.8) is 0 Å². The van der Waals surface area contributed by atoms with Gasteiger partial charge in [0.1, 0.15) is 5.75 Å². The molecule has 0 heterocycles. The molecular weight excluding hydrogens is 386 g/mol. The van der Waals surface area contributed by atoms with Crippen LogP contribution in [0, 0.1) is 0 Å². The maximum atomic E-state index is 11.9. The van der Waals surface area contributed by atoms with E-state index < -0.39 is 24.4 Å². The van der Waals surface area contributed by atoms with Gasteiger partial charge in [0, 0.05) is 0 Å². The Morgan fingerprint density at radius 3 is 2.54 bits per heavy atom. The largest absolute Gasteiger partial charge is 0.480 e. The fourth-order valence-electron chi connectivity index (χ4n) is 2.16. The standard InChI is InChI=1S/C19H18ClN3O5/c1-12(14-5-3-2-4-6-14)22-18(26)19(27)23-21-10-13-7-8-16(15(20)9-13)28-11-17(24)25/h2-10,12H,11H2,1H3,(H,22,26)(H,23,27)(H,24,25)/b21-10-/t12-/m1/s1. The van der Waals surface area contributed by atoms with Crippen molar-refractivity contribution in [2.45, 2.75) is 13.0 Å². The zero-order valence-electron chi connectivity index (χ0n) is 14.9. The van der Waals surface area contributed by atoms with Crippen LogP contribution in [-0.2, 0) is 14.4 Å². The SMILES string of the molecule is C[C@@H](NC(=O)C(=O)N/N=C\c1ccc(OCC(=O)O)c(Cl)c1)c1ccccc1. The van der Waals surface area contributed by atoms with E-state index in [0.29, 0.717) is 5.56 Å². The quantitative estimate of drug-likeness (QED) is 0.372. The van der Waals surface area contributed by atoms with Crippen LogP contribution in [0.3, 0.4) is 0 Å². The molecule has 2 amide bonds. The van der Waals surface area contributed by atoms with Crippen molar-refractivity contribution < 1.29 is 24.2 Å². The summed E-state index contributed by atoms with van der Waals surface area (Å²) in [5, 5.41) is 15.1. The number of hydrogen-bond donors (Lipinski definition) is 3. The topological polar surface area (TPSA) is 117 Å². The van der Waals surface area contributed by atoms with E-state index in [0.717, 1.165) is 5.56 Å². The Morgan fingerprint density at radius 1 is 1.18 bits per heavy atom. The highest BCUT2D eigenvalue weighted by Gasteiger charge is 2.16. The van der Waals surface area contributed by atoms with Crippen LogP contribution in [0.25, 0.3) is 0 Å². The highest BCUT2D eigenvalue weighted by molar-refractivity contribution is 6.35. The Hall–Kier alpha value is -3.39. The molecule has 28 heavy (non-hydrogen) atoms. The van der Waals surface area contributed by atoms with Crippen LogP contribution in [0.15, 0.2) is 53.6 Å². The van der Waals surface area contributed by atoms with Gasteiger partial charge in [0.05, 0.1) is 17.3 Å². The van der Waals surface area contributed by atoms with Gasteiger partial charge >= 0.3 is 17.8 Å². The molecule has 0 radical (unpaired) electrons. The molecule has 8 nitrogen and oxygen atoms in total. The molecule has 0 saturated heterocycles. The van der Waals surface area contributed by atoms with E-state index in [1.807, 2.05) is 30.3 Å². The van der Waals surface area contributed by atoms with E-state index in [1.54, 1.807) is 13.0 Å². The van der Waals surface area contributed by atoms with Crippen LogP contribution in [0.4, 0.5) is 0 Å². The molecule has 0 aromatic heterocycles. The Bertz CT molecular complexity index is 886. The van der Waals surface area contributed by atoms with Crippen molar-refractivity contribution >= 4 is 35.6 Å². The van der Waals surface area contributed by atoms with Crippen LogP contribution in [0.5, 0.6) is 5.75 Å². The van der Waals surface area contributed by atoms with Crippen LogP contribution >= 0.6 is 11.6 Å². The average molecular weight is 404 g/mol. The van der Waals surface area contributed by atoms with Gasteiger partial charge in [0.2, 0.25) is 0 Å². The van der Waals surface area contributed by atoms with E-state index in [4.69, 9.17) is 21.4 Å². The summed E-state index contributed by atoms with van der Waals surface area (Å²) in [4.78, 5) is 34.2. The average Bonchev–Trinajstić information content (AvgIpc) is 2.67. The molecule has 0 bridgehead atoms. The molecule has 0 unspecified atom stereocenters. The molecule has 0 aliphatic rings. The summed E-state index contributed by atoms with van der Waals surface area (Å²) in [7, 11) is 0. The van der Waals surface area contributed by atoms with Crippen LogP contribution < -0.4 is 15.5 Å². The number of carboxylic acids is 1. The molecule has 0 spiro atoms. The first-order valence-corrected chi connectivity index (χ1v) is 8.57. The summed E-state index contributed by atoms with van der Waals surface area (Å²) in [6, 6.07) is 13.4. The number of halogens is 1. The normalized spacial score (nSPS) is 11.6. The number of amides is 2. The minimum absolute atomic E-state index is 0.186. The molecular formula is C19H18ClN3O5. The first-order chi connectivity index (χ1) is 13.4. The minimum Gasteiger partial charge on any atom is -0.480 e. The number of rotatable bonds is 7. The minimum atomic E-state index is -1.12. The lowest BCUT2D eigenvalue weighted by atomic mass is 10.1. The van der Waals surface area contributed by atoms with Gasteiger partial charge in [-0.25, -0.2) is 10.2 Å². The monoisotopic (exact) mass is 403 g/mol. The lowest BCUT2D eigenvalue weighted by Gasteiger charge is -2.13. The third-order valence-corrected chi connectivity index (χ3v) is 3.84. The van der Waals surface area contributed by atoms with Gasteiger partial charge in [-0.1, -0.05) is 41.9 Å². The Balaban J connectivity index is 1.87. The number of carbonyl (C=O) groups is 3. The number of carbonyl (C=O) groups excluding carboxylic acids is 2. The Labute approximate surface area is 166 Å². The van der Waals surface area contributed by atoms with E-state index >= 15 is 0 Å². The lowest BCUT2D eigenvalue weighted by Crippen LogP contribution is -2.39. The number of nitrogens with zero attached hydrogens (tertiary/aromatic N) is 1. The van der Waals surface area contributed by atoms with Crippen LogP contribution in [0.1, 0.15) is 24.1 Å². The fraction of sp³-hybridized carbons (Fsp3) is 0.158. The molecule has 2 aromatic rings. The summed E-state index contributed by atoms with van der Waals surface area (Å²) in [6.07, 6.45) is 1.29. The van der Waals surface area contributed by atoms with Gasteiger partial charge in [-0.15, -0.1) is 0 Å². The molecule has 0 fully saturated rings.